The van der Waals surface area contributed by atoms with E-state index in [1.807, 2.05) is 0 Å². The molecule has 66 valence electrons. The standard InChI is InChI=1S/C8H9FO2S/c1-3-11-8(10)7-5(2)6(9)4-12-7/h4H,3H2,1-2H3. The molecule has 4 heteroatoms. The van der Waals surface area contributed by atoms with Gasteiger partial charge in [-0.15, -0.1) is 11.3 Å². The predicted molar refractivity (Wildman–Crippen MR) is 45.0 cm³/mol. The van der Waals surface area contributed by atoms with E-state index in [-0.39, 0.29) is 5.82 Å². The fourth-order valence-corrected chi connectivity index (χ4v) is 1.62. The molecular formula is C8H9FO2S. The first-order valence-corrected chi connectivity index (χ1v) is 4.45. The van der Waals surface area contributed by atoms with Crippen LogP contribution in [0.5, 0.6) is 0 Å². The van der Waals surface area contributed by atoms with Crippen molar-refractivity contribution in [3.63, 3.8) is 0 Å². The van der Waals surface area contributed by atoms with Gasteiger partial charge in [-0.2, -0.15) is 0 Å². The summed E-state index contributed by atoms with van der Waals surface area (Å²) < 4.78 is 17.5. The topological polar surface area (TPSA) is 26.3 Å². The molecule has 0 aliphatic carbocycles. The molecule has 0 saturated carbocycles. The molecule has 0 N–H and O–H groups in total. The quantitative estimate of drug-likeness (QED) is 0.666. The third-order valence-electron chi connectivity index (χ3n) is 1.44. The number of esters is 1. The molecule has 1 aromatic rings. The second-order valence-corrected chi connectivity index (χ2v) is 3.14. The number of halogens is 1. The van der Waals surface area contributed by atoms with E-state index in [0.29, 0.717) is 17.0 Å². The number of thiophene rings is 1. The molecule has 0 unspecified atom stereocenters. The number of carbonyl (C=O) groups excluding carboxylic acids is 1. The van der Waals surface area contributed by atoms with Gasteiger partial charge in [0.15, 0.2) is 0 Å². The van der Waals surface area contributed by atoms with Gasteiger partial charge < -0.3 is 4.74 Å². The summed E-state index contributed by atoms with van der Waals surface area (Å²) in [6.45, 7) is 3.60. The van der Waals surface area contributed by atoms with Crippen LogP contribution in [0.15, 0.2) is 5.38 Å². The minimum atomic E-state index is -0.441. The molecule has 1 rings (SSSR count). The highest BCUT2D eigenvalue weighted by Gasteiger charge is 2.15. The maximum atomic E-state index is 12.7. The second-order valence-electron chi connectivity index (χ2n) is 2.26. The van der Waals surface area contributed by atoms with Gasteiger partial charge in [0.05, 0.1) is 6.61 Å². The Morgan fingerprint density at radius 2 is 2.42 bits per heavy atom. The van der Waals surface area contributed by atoms with Crippen molar-refractivity contribution in [1.29, 1.82) is 0 Å². The summed E-state index contributed by atoms with van der Waals surface area (Å²) in [6, 6.07) is 0. The molecule has 0 aromatic carbocycles. The van der Waals surface area contributed by atoms with Crippen LogP contribution in [-0.4, -0.2) is 12.6 Å². The summed E-state index contributed by atoms with van der Waals surface area (Å²) in [6.07, 6.45) is 0. The van der Waals surface area contributed by atoms with Crippen LogP contribution in [0.4, 0.5) is 4.39 Å². The molecule has 0 aliphatic rings. The second kappa shape index (κ2) is 3.67. The molecule has 0 saturated heterocycles. The summed E-state index contributed by atoms with van der Waals surface area (Å²) in [7, 11) is 0. The van der Waals surface area contributed by atoms with Gasteiger partial charge in [0.1, 0.15) is 10.7 Å². The Bertz CT molecular complexity index is 293. The van der Waals surface area contributed by atoms with Crippen molar-refractivity contribution >= 4 is 17.3 Å². The number of ether oxygens (including phenoxy) is 1. The van der Waals surface area contributed by atoms with Crippen LogP contribution in [0.25, 0.3) is 0 Å². The third kappa shape index (κ3) is 1.64. The van der Waals surface area contributed by atoms with Gasteiger partial charge in [-0.3, -0.25) is 0 Å². The van der Waals surface area contributed by atoms with E-state index in [4.69, 9.17) is 4.74 Å². The lowest BCUT2D eigenvalue weighted by Crippen LogP contribution is -2.03. The van der Waals surface area contributed by atoms with Crippen molar-refractivity contribution < 1.29 is 13.9 Å². The van der Waals surface area contributed by atoms with E-state index in [9.17, 15) is 9.18 Å². The molecular weight excluding hydrogens is 179 g/mol. The molecule has 0 fully saturated rings. The number of hydrogen-bond acceptors (Lipinski definition) is 3. The Labute approximate surface area is 74.0 Å². The maximum absolute atomic E-state index is 12.7. The maximum Gasteiger partial charge on any atom is 0.348 e. The smallest absolute Gasteiger partial charge is 0.348 e. The van der Waals surface area contributed by atoms with Gasteiger partial charge in [0.25, 0.3) is 0 Å². The highest BCUT2D eigenvalue weighted by molar-refractivity contribution is 7.12. The fraction of sp³-hybridized carbons (Fsp3) is 0.375. The molecule has 0 radical (unpaired) electrons. The van der Waals surface area contributed by atoms with Crippen LogP contribution in [0.3, 0.4) is 0 Å². The predicted octanol–water partition coefficient (Wildman–Crippen LogP) is 2.37. The van der Waals surface area contributed by atoms with Gasteiger partial charge in [0.2, 0.25) is 0 Å². The van der Waals surface area contributed by atoms with E-state index in [2.05, 4.69) is 0 Å². The molecule has 0 amide bonds. The summed E-state index contributed by atoms with van der Waals surface area (Å²) in [5, 5.41) is 1.31. The average Bonchev–Trinajstić information content (AvgIpc) is 2.34. The van der Waals surface area contributed by atoms with E-state index >= 15 is 0 Å². The van der Waals surface area contributed by atoms with Gasteiger partial charge in [-0.1, -0.05) is 0 Å². The molecule has 1 heterocycles. The van der Waals surface area contributed by atoms with Crippen LogP contribution < -0.4 is 0 Å². The zero-order valence-electron chi connectivity index (χ0n) is 6.89. The van der Waals surface area contributed by atoms with Crippen LogP contribution in [0.1, 0.15) is 22.2 Å². The van der Waals surface area contributed by atoms with Gasteiger partial charge in [0, 0.05) is 10.9 Å². The Morgan fingerprint density at radius 3 is 2.83 bits per heavy atom. The Hall–Kier alpha value is -0.900. The molecule has 0 spiro atoms. The lowest BCUT2D eigenvalue weighted by molar-refractivity contribution is 0.0531. The molecule has 0 bridgehead atoms. The zero-order valence-corrected chi connectivity index (χ0v) is 7.70. The van der Waals surface area contributed by atoms with E-state index in [1.54, 1.807) is 13.8 Å². The van der Waals surface area contributed by atoms with Crippen molar-refractivity contribution in [2.45, 2.75) is 13.8 Å². The molecule has 0 aliphatic heterocycles. The van der Waals surface area contributed by atoms with E-state index in [0.717, 1.165) is 11.3 Å². The first kappa shape index (κ1) is 9.19. The molecule has 0 atom stereocenters. The van der Waals surface area contributed by atoms with Crippen LogP contribution in [0.2, 0.25) is 0 Å². The number of carbonyl (C=O) groups is 1. The third-order valence-corrected chi connectivity index (χ3v) is 2.47. The Kier molecular flexibility index (Phi) is 2.81. The summed E-state index contributed by atoms with van der Waals surface area (Å²) in [5.74, 6) is -0.785. The van der Waals surface area contributed by atoms with E-state index in [1.165, 1.54) is 5.38 Å². The van der Waals surface area contributed by atoms with Crippen molar-refractivity contribution in [2.24, 2.45) is 0 Å². The zero-order chi connectivity index (χ0) is 9.14. The van der Waals surface area contributed by atoms with Crippen molar-refractivity contribution in [2.75, 3.05) is 6.61 Å². The minimum Gasteiger partial charge on any atom is -0.462 e. The average molecular weight is 188 g/mol. The van der Waals surface area contributed by atoms with Gasteiger partial charge in [-0.05, 0) is 13.8 Å². The van der Waals surface area contributed by atoms with Crippen molar-refractivity contribution in [1.82, 2.24) is 0 Å². The summed E-state index contributed by atoms with van der Waals surface area (Å²) in [5.41, 5.74) is 0.374. The largest absolute Gasteiger partial charge is 0.462 e. The van der Waals surface area contributed by atoms with Crippen molar-refractivity contribution in [3.05, 3.63) is 21.6 Å². The fourth-order valence-electron chi connectivity index (χ4n) is 0.794. The normalized spacial score (nSPS) is 9.92. The summed E-state index contributed by atoms with van der Waals surface area (Å²) >= 11 is 1.07. The van der Waals surface area contributed by atoms with Gasteiger partial charge >= 0.3 is 5.97 Å². The molecule has 1 aromatic heterocycles. The Morgan fingerprint density at radius 1 is 1.75 bits per heavy atom. The van der Waals surface area contributed by atoms with Gasteiger partial charge in [-0.25, -0.2) is 9.18 Å². The molecule has 2 nitrogen and oxygen atoms in total. The van der Waals surface area contributed by atoms with Crippen molar-refractivity contribution in [3.8, 4) is 0 Å². The van der Waals surface area contributed by atoms with Crippen LogP contribution in [0, 0.1) is 12.7 Å². The lowest BCUT2D eigenvalue weighted by atomic mass is 10.3. The highest BCUT2D eigenvalue weighted by Crippen LogP contribution is 2.20. The number of hydrogen-bond donors (Lipinski definition) is 0. The SMILES string of the molecule is CCOC(=O)c1scc(F)c1C. The molecule has 12 heavy (non-hydrogen) atoms. The highest BCUT2D eigenvalue weighted by atomic mass is 32.1. The first-order valence-electron chi connectivity index (χ1n) is 3.57. The Balaban J connectivity index is 2.88. The first-order chi connectivity index (χ1) is 5.66. The lowest BCUT2D eigenvalue weighted by Gasteiger charge is -1.98. The van der Waals surface area contributed by atoms with E-state index < -0.39 is 5.97 Å². The number of rotatable bonds is 2. The minimum absolute atomic E-state index is 0.317. The van der Waals surface area contributed by atoms with Crippen LogP contribution >= 0.6 is 11.3 Å². The summed E-state index contributed by atoms with van der Waals surface area (Å²) in [4.78, 5) is 11.5. The van der Waals surface area contributed by atoms with Crippen LogP contribution in [-0.2, 0) is 4.74 Å². The monoisotopic (exact) mass is 188 g/mol.